The van der Waals surface area contributed by atoms with E-state index in [0.717, 1.165) is 18.5 Å². The number of pyridine rings is 1. The van der Waals surface area contributed by atoms with Crippen molar-refractivity contribution in [3.05, 3.63) is 30.1 Å². The molecule has 1 aliphatic rings. The average Bonchev–Trinajstić information content (AvgIpc) is 2.47. The largest absolute Gasteiger partial charge is 0.350 e. The van der Waals surface area contributed by atoms with E-state index in [2.05, 4.69) is 10.3 Å². The second-order valence-corrected chi connectivity index (χ2v) is 5.54. The summed E-state index contributed by atoms with van der Waals surface area (Å²) in [6.45, 7) is 1.12. The second-order valence-electron chi connectivity index (χ2n) is 5.54. The van der Waals surface area contributed by atoms with Crippen LogP contribution >= 0.6 is 24.8 Å². The minimum absolute atomic E-state index is 0. The van der Waals surface area contributed by atoms with E-state index in [1.54, 1.807) is 6.20 Å². The van der Waals surface area contributed by atoms with Gasteiger partial charge in [-0.05, 0) is 36.9 Å². The molecule has 1 aliphatic carbocycles. The molecule has 4 nitrogen and oxygen atoms in total. The molecule has 0 radical (unpaired) electrons. The number of nitrogens with zero attached hydrogens (tertiary/aromatic N) is 1. The third kappa shape index (κ3) is 6.20. The third-order valence-electron chi connectivity index (χ3n) is 4.08. The van der Waals surface area contributed by atoms with Crippen LogP contribution in [0.5, 0.6) is 0 Å². The molecule has 0 unspecified atom stereocenters. The van der Waals surface area contributed by atoms with E-state index >= 15 is 0 Å². The first-order chi connectivity index (χ1) is 9.24. The molecule has 0 bridgehead atoms. The zero-order valence-electron chi connectivity index (χ0n) is 12.2. The standard InChI is InChI=1S/C15H23N3O.2ClH/c16-12-15(7-3-1-4-8-15)10-14(19)18-11-13-6-2-5-9-17-13;;/h2,5-6,9H,1,3-4,7-8,10-12,16H2,(H,18,19);2*1H. The van der Waals surface area contributed by atoms with Crippen molar-refractivity contribution in [2.24, 2.45) is 11.1 Å². The van der Waals surface area contributed by atoms with Gasteiger partial charge in [0.1, 0.15) is 0 Å². The van der Waals surface area contributed by atoms with Crippen molar-refractivity contribution in [3.8, 4) is 0 Å². The van der Waals surface area contributed by atoms with Gasteiger partial charge in [0.15, 0.2) is 0 Å². The van der Waals surface area contributed by atoms with Gasteiger partial charge >= 0.3 is 0 Å². The van der Waals surface area contributed by atoms with Crippen LogP contribution in [0.25, 0.3) is 0 Å². The van der Waals surface area contributed by atoms with Crippen LogP contribution in [0.2, 0.25) is 0 Å². The van der Waals surface area contributed by atoms with Crippen molar-refractivity contribution in [2.45, 2.75) is 45.1 Å². The number of hydrogen-bond acceptors (Lipinski definition) is 3. The molecular weight excluding hydrogens is 309 g/mol. The van der Waals surface area contributed by atoms with E-state index in [-0.39, 0.29) is 36.1 Å². The first-order valence-electron chi connectivity index (χ1n) is 7.11. The van der Waals surface area contributed by atoms with E-state index in [0.29, 0.717) is 19.5 Å². The Morgan fingerprint density at radius 2 is 1.95 bits per heavy atom. The number of nitrogens with one attached hydrogen (secondary N) is 1. The van der Waals surface area contributed by atoms with Crippen LogP contribution in [0.1, 0.15) is 44.2 Å². The van der Waals surface area contributed by atoms with Crippen LogP contribution in [0, 0.1) is 5.41 Å². The molecule has 0 atom stereocenters. The fourth-order valence-corrected chi connectivity index (χ4v) is 2.85. The van der Waals surface area contributed by atoms with Gasteiger partial charge in [0, 0.05) is 12.6 Å². The molecule has 120 valence electrons. The molecule has 1 aromatic heterocycles. The number of halogens is 2. The lowest BCUT2D eigenvalue weighted by molar-refractivity contribution is -0.124. The zero-order valence-corrected chi connectivity index (χ0v) is 13.8. The van der Waals surface area contributed by atoms with Crippen LogP contribution in [0.4, 0.5) is 0 Å². The number of aromatic nitrogens is 1. The third-order valence-corrected chi connectivity index (χ3v) is 4.08. The van der Waals surface area contributed by atoms with Crippen molar-refractivity contribution in [2.75, 3.05) is 6.54 Å². The Morgan fingerprint density at radius 3 is 2.52 bits per heavy atom. The van der Waals surface area contributed by atoms with Crippen molar-refractivity contribution in [1.82, 2.24) is 10.3 Å². The molecule has 1 fully saturated rings. The zero-order chi connectivity index (χ0) is 13.6. The molecule has 0 saturated heterocycles. The summed E-state index contributed by atoms with van der Waals surface area (Å²) in [5.41, 5.74) is 6.83. The predicted octanol–water partition coefficient (Wildman–Crippen LogP) is 2.84. The maximum atomic E-state index is 12.1. The molecule has 0 aromatic carbocycles. The van der Waals surface area contributed by atoms with Crippen LogP contribution in [-0.4, -0.2) is 17.4 Å². The molecule has 1 aromatic rings. The van der Waals surface area contributed by atoms with Crippen LogP contribution < -0.4 is 11.1 Å². The number of amides is 1. The molecule has 0 spiro atoms. The topological polar surface area (TPSA) is 68.0 Å². The Hall–Kier alpha value is -0.840. The minimum atomic E-state index is 0. The highest BCUT2D eigenvalue weighted by Crippen LogP contribution is 2.38. The molecular formula is C15H25Cl2N3O. The summed E-state index contributed by atoms with van der Waals surface area (Å²) in [4.78, 5) is 16.2. The van der Waals surface area contributed by atoms with Gasteiger partial charge in [-0.15, -0.1) is 24.8 Å². The van der Waals surface area contributed by atoms with Crippen molar-refractivity contribution in [3.63, 3.8) is 0 Å². The molecule has 1 amide bonds. The van der Waals surface area contributed by atoms with E-state index in [1.807, 2.05) is 18.2 Å². The summed E-state index contributed by atoms with van der Waals surface area (Å²) in [5.74, 6) is 0.0954. The normalized spacial score (nSPS) is 16.2. The molecule has 0 aliphatic heterocycles. The van der Waals surface area contributed by atoms with E-state index in [9.17, 15) is 4.79 Å². The van der Waals surface area contributed by atoms with Crippen LogP contribution in [-0.2, 0) is 11.3 Å². The summed E-state index contributed by atoms with van der Waals surface area (Å²) < 4.78 is 0. The van der Waals surface area contributed by atoms with Crippen LogP contribution in [0.15, 0.2) is 24.4 Å². The summed E-state index contributed by atoms with van der Waals surface area (Å²) in [6.07, 6.45) is 8.13. The smallest absolute Gasteiger partial charge is 0.220 e. The van der Waals surface area contributed by atoms with Crippen molar-refractivity contribution < 1.29 is 4.79 Å². The van der Waals surface area contributed by atoms with Gasteiger partial charge in [-0.2, -0.15) is 0 Å². The molecule has 21 heavy (non-hydrogen) atoms. The fourth-order valence-electron chi connectivity index (χ4n) is 2.85. The van der Waals surface area contributed by atoms with Crippen molar-refractivity contribution >= 4 is 30.7 Å². The number of carbonyl (C=O) groups is 1. The lowest BCUT2D eigenvalue weighted by Crippen LogP contribution is -2.38. The van der Waals surface area contributed by atoms with Crippen LogP contribution in [0.3, 0.4) is 0 Å². The molecule has 6 heteroatoms. The minimum Gasteiger partial charge on any atom is -0.350 e. The number of nitrogens with two attached hydrogens (primary N) is 1. The van der Waals surface area contributed by atoms with E-state index in [4.69, 9.17) is 5.73 Å². The first-order valence-corrected chi connectivity index (χ1v) is 7.11. The summed E-state index contributed by atoms with van der Waals surface area (Å²) >= 11 is 0. The lowest BCUT2D eigenvalue weighted by Gasteiger charge is -2.35. The van der Waals surface area contributed by atoms with Gasteiger partial charge in [0.05, 0.1) is 12.2 Å². The highest BCUT2D eigenvalue weighted by Gasteiger charge is 2.32. The summed E-state index contributed by atoms with van der Waals surface area (Å²) in [7, 11) is 0. The van der Waals surface area contributed by atoms with Gasteiger partial charge in [-0.25, -0.2) is 0 Å². The van der Waals surface area contributed by atoms with E-state index in [1.165, 1.54) is 19.3 Å². The highest BCUT2D eigenvalue weighted by atomic mass is 35.5. The highest BCUT2D eigenvalue weighted by molar-refractivity contribution is 5.85. The maximum absolute atomic E-state index is 12.1. The second kappa shape index (κ2) is 9.98. The Kier molecular flexibility index (Phi) is 9.58. The quantitative estimate of drug-likeness (QED) is 0.870. The summed E-state index contributed by atoms with van der Waals surface area (Å²) in [5, 5.41) is 2.95. The van der Waals surface area contributed by atoms with Gasteiger partial charge < -0.3 is 11.1 Å². The van der Waals surface area contributed by atoms with Gasteiger partial charge in [0.2, 0.25) is 5.91 Å². The monoisotopic (exact) mass is 333 g/mol. The van der Waals surface area contributed by atoms with Crippen molar-refractivity contribution in [1.29, 1.82) is 0 Å². The average molecular weight is 334 g/mol. The Balaban J connectivity index is 0.00000200. The maximum Gasteiger partial charge on any atom is 0.220 e. The summed E-state index contributed by atoms with van der Waals surface area (Å²) in [6, 6.07) is 5.72. The number of hydrogen-bond donors (Lipinski definition) is 2. The Bertz CT molecular complexity index is 409. The van der Waals surface area contributed by atoms with Gasteiger partial charge in [0.25, 0.3) is 0 Å². The predicted molar refractivity (Wildman–Crippen MR) is 89.8 cm³/mol. The molecule has 2 rings (SSSR count). The van der Waals surface area contributed by atoms with Gasteiger partial charge in [-0.3, -0.25) is 9.78 Å². The lowest BCUT2D eigenvalue weighted by atomic mass is 9.71. The van der Waals surface area contributed by atoms with E-state index < -0.39 is 0 Å². The molecule has 3 N–H and O–H groups in total. The first kappa shape index (κ1) is 20.2. The Labute approximate surface area is 139 Å². The molecule has 1 saturated carbocycles. The number of carbonyl (C=O) groups excluding carboxylic acids is 1. The SMILES string of the molecule is Cl.Cl.NCC1(CC(=O)NCc2ccccn2)CCCCC1. The fraction of sp³-hybridized carbons (Fsp3) is 0.600. The number of rotatable bonds is 5. The Morgan fingerprint density at radius 1 is 1.24 bits per heavy atom. The molecule has 1 heterocycles. The van der Waals surface area contributed by atoms with Gasteiger partial charge in [-0.1, -0.05) is 25.3 Å².